The molecule has 0 saturated heterocycles. The maximum atomic E-state index is 13.3. The summed E-state index contributed by atoms with van der Waals surface area (Å²) in [5, 5.41) is 9.12. The number of carbonyl (C=O) groups excluding carboxylic acids is 2. The Bertz CT molecular complexity index is 1120. The Balaban J connectivity index is 1.61. The van der Waals surface area contributed by atoms with E-state index in [1.165, 1.54) is 11.8 Å². The van der Waals surface area contributed by atoms with Crippen molar-refractivity contribution in [3.05, 3.63) is 58.7 Å². The third-order valence-electron chi connectivity index (χ3n) is 5.43. The van der Waals surface area contributed by atoms with Crippen LogP contribution in [0, 0.1) is 13.8 Å². The van der Waals surface area contributed by atoms with Gasteiger partial charge in [-0.25, -0.2) is 4.79 Å². The molecule has 1 aromatic carbocycles. The summed E-state index contributed by atoms with van der Waals surface area (Å²) in [5.41, 5.74) is 3.13. The van der Waals surface area contributed by atoms with Gasteiger partial charge < -0.3 is 9.72 Å². The third-order valence-corrected chi connectivity index (χ3v) is 6.47. The van der Waals surface area contributed by atoms with Gasteiger partial charge in [0.2, 0.25) is 0 Å². The first-order valence-corrected chi connectivity index (χ1v) is 11.4. The van der Waals surface area contributed by atoms with Crippen LogP contribution in [0.2, 0.25) is 0 Å². The van der Waals surface area contributed by atoms with Gasteiger partial charge in [-0.05, 0) is 58.2 Å². The highest BCUT2D eigenvalue weighted by molar-refractivity contribution is 8.00. The molecule has 1 aliphatic carbocycles. The minimum Gasteiger partial charge on any atom is -0.462 e. The summed E-state index contributed by atoms with van der Waals surface area (Å²) >= 11 is 1.38. The number of Topliss-reactive ketones (excluding diaryl/α,β-unsaturated/α-hetero) is 1. The van der Waals surface area contributed by atoms with E-state index < -0.39 is 11.2 Å². The number of benzene rings is 1. The molecule has 162 valence electrons. The number of aromatic nitrogens is 4. The van der Waals surface area contributed by atoms with Crippen LogP contribution in [0.4, 0.5) is 0 Å². The minimum atomic E-state index is -0.412. The van der Waals surface area contributed by atoms with Crippen molar-refractivity contribution < 1.29 is 14.3 Å². The predicted octanol–water partition coefficient (Wildman–Crippen LogP) is 4.63. The number of hydrogen-bond donors (Lipinski definition) is 1. The van der Waals surface area contributed by atoms with Crippen LogP contribution >= 0.6 is 11.8 Å². The van der Waals surface area contributed by atoms with Crippen LogP contribution in [-0.2, 0) is 4.74 Å². The van der Waals surface area contributed by atoms with E-state index >= 15 is 0 Å². The van der Waals surface area contributed by atoms with E-state index in [0.717, 1.165) is 24.4 Å². The molecular weight excluding hydrogens is 412 g/mol. The highest BCUT2D eigenvalue weighted by Crippen LogP contribution is 2.41. The summed E-state index contributed by atoms with van der Waals surface area (Å²) < 4.78 is 7.20. The number of thioether (sulfide) groups is 1. The van der Waals surface area contributed by atoms with Gasteiger partial charge in [-0.2, -0.15) is 0 Å². The van der Waals surface area contributed by atoms with E-state index in [4.69, 9.17) is 4.74 Å². The van der Waals surface area contributed by atoms with Crippen molar-refractivity contribution in [3.8, 4) is 5.69 Å². The number of carbonyl (C=O) groups is 2. The SMILES string of the molecule is CCOC(=O)c1c(C)[nH]c(C(=O)C(C)Sc2nnc(C3CC3)n2-c2ccccc2)c1C. The monoisotopic (exact) mass is 438 g/mol. The molecule has 3 aromatic rings. The molecule has 1 aliphatic rings. The summed E-state index contributed by atoms with van der Waals surface area (Å²) in [6.45, 7) is 7.46. The second kappa shape index (κ2) is 8.70. The molecule has 1 fully saturated rings. The van der Waals surface area contributed by atoms with Crippen molar-refractivity contribution >= 4 is 23.5 Å². The predicted molar refractivity (Wildman–Crippen MR) is 119 cm³/mol. The summed E-state index contributed by atoms with van der Waals surface area (Å²) in [7, 11) is 0. The summed E-state index contributed by atoms with van der Waals surface area (Å²) in [6, 6.07) is 9.99. The molecule has 1 saturated carbocycles. The third kappa shape index (κ3) is 4.17. The second-order valence-electron chi connectivity index (χ2n) is 7.76. The number of aromatic amines is 1. The van der Waals surface area contributed by atoms with E-state index in [0.29, 0.717) is 33.6 Å². The number of esters is 1. The zero-order valence-electron chi connectivity index (χ0n) is 18.1. The van der Waals surface area contributed by atoms with Crippen LogP contribution in [0.5, 0.6) is 0 Å². The Morgan fingerprint density at radius 2 is 1.94 bits per heavy atom. The summed E-state index contributed by atoms with van der Waals surface area (Å²) in [4.78, 5) is 28.6. The molecule has 2 heterocycles. The zero-order chi connectivity index (χ0) is 22.1. The fourth-order valence-corrected chi connectivity index (χ4v) is 4.64. The molecule has 7 nitrogen and oxygen atoms in total. The van der Waals surface area contributed by atoms with Gasteiger partial charge in [0.25, 0.3) is 0 Å². The zero-order valence-corrected chi connectivity index (χ0v) is 19.0. The van der Waals surface area contributed by atoms with E-state index in [-0.39, 0.29) is 12.4 Å². The molecule has 1 N–H and O–H groups in total. The van der Waals surface area contributed by atoms with Gasteiger partial charge in [-0.15, -0.1) is 10.2 Å². The fraction of sp³-hybridized carbons (Fsp3) is 0.391. The highest BCUT2D eigenvalue weighted by atomic mass is 32.2. The van der Waals surface area contributed by atoms with Gasteiger partial charge >= 0.3 is 5.97 Å². The average molecular weight is 439 g/mol. The van der Waals surface area contributed by atoms with Crippen LogP contribution in [0.15, 0.2) is 35.5 Å². The van der Waals surface area contributed by atoms with Crippen LogP contribution in [-0.4, -0.2) is 43.4 Å². The number of rotatable bonds is 8. The summed E-state index contributed by atoms with van der Waals surface area (Å²) in [6.07, 6.45) is 2.23. The molecular formula is C23H26N4O3S. The van der Waals surface area contributed by atoms with Gasteiger partial charge in [0, 0.05) is 17.3 Å². The average Bonchev–Trinajstić information content (AvgIpc) is 3.45. The van der Waals surface area contributed by atoms with E-state index in [1.807, 2.05) is 37.3 Å². The van der Waals surface area contributed by atoms with Gasteiger partial charge in [0.15, 0.2) is 10.9 Å². The molecule has 2 aromatic heterocycles. The molecule has 1 atom stereocenters. The van der Waals surface area contributed by atoms with Gasteiger partial charge in [0.05, 0.1) is 23.1 Å². The van der Waals surface area contributed by atoms with Gasteiger partial charge in [0.1, 0.15) is 5.82 Å². The highest BCUT2D eigenvalue weighted by Gasteiger charge is 2.32. The molecule has 0 spiro atoms. The molecule has 1 unspecified atom stereocenters. The van der Waals surface area contributed by atoms with E-state index in [1.54, 1.807) is 20.8 Å². The maximum Gasteiger partial charge on any atom is 0.340 e. The molecule has 0 radical (unpaired) electrons. The van der Waals surface area contributed by atoms with Crippen molar-refractivity contribution in [2.75, 3.05) is 6.61 Å². The smallest absolute Gasteiger partial charge is 0.340 e. The second-order valence-corrected chi connectivity index (χ2v) is 9.06. The first-order valence-electron chi connectivity index (χ1n) is 10.5. The summed E-state index contributed by atoms with van der Waals surface area (Å²) in [5.74, 6) is 0.876. The molecule has 4 rings (SSSR count). The molecule has 0 aliphatic heterocycles. The lowest BCUT2D eigenvalue weighted by Gasteiger charge is -2.13. The van der Waals surface area contributed by atoms with E-state index in [9.17, 15) is 9.59 Å². The Labute approximate surface area is 185 Å². The molecule has 0 bridgehead atoms. The van der Waals surface area contributed by atoms with Gasteiger partial charge in [-0.3, -0.25) is 9.36 Å². The number of aryl methyl sites for hydroxylation is 1. The standard InChI is InChI=1S/C23H26N4O3S/c1-5-30-22(29)18-13(2)19(24-14(18)3)20(28)15(4)31-23-26-25-21(16-11-12-16)27(23)17-9-7-6-8-10-17/h6-10,15-16,24H,5,11-12H2,1-4H3. The Morgan fingerprint density at radius 1 is 1.23 bits per heavy atom. The van der Waals surface area contributed by atoms with E-state index in [2.05, 4.69) is 19.7 Å². The topological polar surface area (TPSA) is 89.9 Å². The van der Waals surface area contributed by atoms with Crippen molar-refractivity contribution in [1.82, 2.24) is 19.7 Å². The maximum absolute atomic E-state index is 13.3. The lowest BCUT2D eigenvalue weighted by Crippen LogP contribution is -2.16. The van der Waals surface area contributed by atoms with Crippen molar-refractivity contribution in [3.63, 3.8) is 0 Å². The van der Waals surface area contributed by atoms with Crippen molar-refractivity contribution in [2.24, 2.45) is 0 Å². The molecule has 31 heavy (non-hydrogen) atoms. The molecule has 8 heteroatoms. The molecule has 0 amide bonds. The van der Waals surface area contributed by atoms with Crippen LogP contribution in [0.3, 0.4) is 0 Å². The Morgan fingerprint density at radius 3 is 2.58 bits per heavy atom. The van der Waals surface area contributed by atoms with Crippen LogP contribution in [0.25, 0.3) is 5.69 Å². The van der Waals surface area contributed by atoms with Crippen LogP contribution < -0.4 is 0 Å². The number of nitrogens with zero attached hydrogens (tertiary/aromatic N) is 3. The number of nitrogens with one attached hydrogen (secondary N) is 1. The Hall–Kier alpha value is -2.87. The van der Waals surface area contributed by atoms with Crippen LogP contribution in [0.1, 0.15) is 70.5 Å². The first kappa shape index (κ1) is 21.4. The number of H-pyrrole nitrogens is 1. The Kier molecular flexibility index (Phi) is 6.00. The lowest BCUT2D eigenvalue weighted by atomic mass is 10.1. The number of para-hydroxylation sites is 1. The lowest BCUT2D eigenvalue weighted by molar-refractivity contribution is 0.0525. The largest absolute Gasteiger partial charge is 0.462 e. The first-order chi connectivity index (χ1) is 14.9. The minimum absolute atomic E-state index is 0.0864. The number of ether oxygens (including phenoxy) is 1. The number of ketones is 1. The van der Waals surface area contributed by atoms with Crippen molar-refractivity contribution in [1.29, 1.82) is 0 Å². The fourth-order valence-electron chi connectivity index (χ4n) is 3.70. The normalized spacial score (nSPS) is 14.5. The van der Waals surface area contributed by atoms with Gasteiger partial charge in [-0.1, -0.05) is 30.0 Å². The van der Waals surface area contributed by atoms with Crippen molar-refractivity contribution in [2.45, 2.75) is 56.9 Å². The number of hydrogen-bond acceptors (Lipinski definition) is 6. The quantitative estimate of drug-likeness (QED) is 0.313.